The minimum atomic E-state index is -0.556. The van der Waals surface area contributed by atoms with Gasteiger partial charge in [-0.25, -0.2) is 4.98 Å². The number of aliphatic hydroxyl groups excluding tert-OH is 1. The van der Waals surface area contributed by atoms with Crippen molar-refractivity contribution >= 4 is 22.8 Å². The lowest BCUT2D eigenvalue weighted by molar-refractivity contribution is 0.212. The molecule has 3 aromatic heterocycles. The minimum Gasteiger partial charge on any atom is -0.394 e. The van der Waals surface area contributed by atoms with Crippen molar-refractivity contribution in [1.82, 2.24) is 24.8 Å². The Labute approximate surface area is 200 Å². The van der Waals surface area contributed by atoms with Gasteiger partial charge in [0.1, 0.15) is 5.52 Å². The standard InChI is InChI=1S/C25H35N7O2/c1-5-7-9-25(3,16-33)31-23-22-20(29-24(26)30-23)11-17(13-28-22)19-12-21(34)27-14-18(19)15-32(4)10-8-6-2/h6,11-14,33H,2,5,7-10,15-16H2,1,3-4H3,(H,27,34)(H3,26,29,30,31). The van der Waals surface area contributed by atoms with Crippen LogP contribution in [0.1, 0.15) is 45.1 Å². The molecule has 0 aliphatic rings. The zero-order valence-electron chi connectivity index (χ0n) is 20.3. The van der Waals surface area contributed by atoms with Crippen molar-refractivity contribution in [1.29, 1.82) is 0 Å². The smallest absolute Gasteiger partial charge is 0.248 e. The number of aromatic nitrogens is 4. The van der Waals surface area contributed by atoms with E-state index in [2.05, 4.69) is 43.7 Å². The Bertz CT molecular complexity index is 1190. The summed E-state index contributed by atoms with van der Waals surface area (Å²) < 4.78 is 0. The van der Waals surface area contributed by atoms with E-state index in [0.29, 0.717) is 23.4 Å². The highest BCUT2D eigenvalue weighted by Crippen LogP contribution is 2.29. The molecule has 0 spiro atoms. The van der Waals surface area contributed by atoms with Crippen LogP contribution in [0, 0.1) is 0 Å². The average Bonchev–Trinajstić information content (AvgIpc) is 2.82. The molecule has 3 rings (SSSR count). The monoisotopic (exact) mass is 465 g/mol. The fraction of sp³-hybridized carbons (Fsp3) is 0.440. The number of pyridine rings is 2. The second-order valence-corrected chi connectivity index (χ2v) is 9.02. The fourth-order valence-corrected chi connectivity index (χ4v) is 3.89. The summed E-state index contributed by atoms with van der Waals surface area (Å²) in [6.45, 7) is 9.30. The van der Waals surface area contributed by atoms with Gasteiger partial charge in [0, 0.05) is 37.1 Å². The van der Waals surface area contributed by atoms with Crippen LogP contribution < -0.4 is 16.6 Å². The Morgan fingerprint density at radius 2 is 2.15 bits per heavy atom. The highest BCUT2D eigenvalue weighted by molar-refractivity contribution is 5.89. The summed E-state index contributed by atoms with van der Waals surface area (Å²) in [5, 5.41) is 13.3. The van der Waals surface area contributed by atoms with Gasteiger partial charge in [-0.05, 0) is 44.0 Å². The second kappa shape index (κ2) is 11.2. The lowest BCUT2D eigenvalue weighted by Gasteiger charge is -2.29. The molecule has 9 heteroatoms. The number of rotatable bonds is 12. The van der Waals surface area contributed by atoms with E-state index in [1.54, 1.807) is 18.5 Å². The normalized spacial score (nSPS) is 13.2. The summed E-state index contributed by atoms with van der Waals surface area (Å²) in [6, 6.07) is 3.45. The molecule has 3 heterocycles. The molecular formula is C25H35N7O2. The number of nitrogens with one attached hydrogen (secondary N) is 2. The molecule has 0 radical (unpaired) electrons. The fourth-order valence-electron chi connectivity index (χ4n) is 3.89. The van der Waals surface area contributed by atoms with E-state index in [9.17, 15) is 9.90 Å². The molecule has 0 fully saturated rings. The predicted molar refractivity (Wildman–Crippen MR) is 138 cm³/mol. The third kappa shape index (κ3) is 6.18. The van der Waals surface area contributed by atoms with Crippen LogP contribution in [0.4, 0.5) is 11.8 Å². The summed E-state index contributed by atoms with van der Waals surface area (Å²) in [5.74, 6) is 0.594. The number of aromatic amines is 1. The molecule has 5 N–H and O–H groups in total. The first-order valence-corrected chi connectivity index (χ1v) is 11.6. The van der Waals surface area contributed by atoms with Crippen molar-refractivity contribution < 1.29 is 5.11 Å². The van der Waals surface area contributed by atoms with Gasteiger partial charge in [-0.1, -0.05) is 25.8 Å². The van der Waals surface area contributed by atoms with E-state index in [0.717, 1.165) is 48.9 Å². The summed E-state index contributed by atoms with van der Waals surface area (Å²) in [7, 11) is 2.03. The number of hydrogen-bond acceptors (Lipinski definition) is 8. The van der Waals surface area contributed by atoms with Crippen LogP contribution >= 0.6 is 0 Å². The Morgan fingerprint density at radius 1 is 1.35 bits per heavy atom. The zero-order chi connectivity index (χ0) is 24.7. The molecule has 0 amide bonds. The molecule has 34 heavy (non-hydrogen) atoms. The maximum absolute atomic E-state index is 12.1. The summed E-state index contributed by atoms with van der Waals surface area (Å²) in [6.07, 6.45) is 8.99. The molecule has 1 unspecified atom stereocenters. The number of anilines is 2. The van der Waals surface area contributed by atoms with Gasteiger partial charge in [-0.15, -0.1) is 6.58 Å². The van der Waals surface area contributed by atoms with Gasteiger partial charge in [0.2, 0.25) is 11.5 Å². The number of nitrogens with zero attached hydrogens (tertiary/aromatic N) is 4. The first kappa shape index (κ1) is 25.3. The highest BCUT2D eigenvalue weighted by Gasteiger charge is 2.25. The van der Waals surface area contributed by atoms with Gasteiger partial charge >= 0.3 is 0 Å². The summed E-state index contributed by atoms with van der Waals surface area (Å²) >= 11 is 0. The Kier molecular flexibility index (Phi) is 8.36. The van der Waals surface area contributed by atoms with Crippen molar-refractivity contribution in [2.45, 2.75) is 51.6 Å². The van der Waals surface area contributed by atoms with Gasteiger partial charge in [-0.2, -0.15) is 4.98 Å². The summed E-state index contributed by atoms with van der Waals surface area (Å²) in [4.78, 5) is 30.5. The van der Waals surface area contributed by atoms with Gasteiger partial charge in [0.15, 0.2) is 5.82 Å². The van der Waals surface area contributed by atoms with Crippen molar-refractivity contribution in [2.24, 2.45) is 0 Å². The molecule has 0 saturated heterocycles. The molecule has 0 aliphatic carbocycles. The van der Waals surface area contributed by atoms with Crippen LogP contribution in [0.3, 0.4) is 0 Å². The number of fused-ring (bicyclic) bond motifs is 1. The maximum Gasteiger partial charge on any atom is 0.248 e. The Balaban J connectivity index is 2.01. The molecule has 0 saturated carbocycles. The van der Waals surface area contributed by atoms with E-state index in [-0.39, 0.29) is 18.1 Å². The highest BCUT2D eigenvalue weighted by atomic mass is 16.3. The second-order valence-electron chi connectivity index (χ2n) is 9.02. The molecule has 1 atom stereocenters. The average molecular weight is 466 g/mol. The van der Waals surface area contributed by atoms with Crippen molar-refractivity contribution in [3.05, 3.63) is 53.1 Å². The molecule has 0 bridgehead atoms. The molecule has 3 aromatic rings. The number of nitrogens with two attached hydrogens (primary N) is 1. The Morgan fingerprint density at radius 3 is 2.85 bits per heavy atom. The van der Waals surface area contributed by atoms with Crippen molar-refractivity contribution in [3.8, 4) is 11.1 Å². The number of H-pyrrole nitrogens is 1. The van der Waals surface area contributed by atoms with E-state index in [4.69, 9.17) is 5.73 Å². The quantitative estimate of drug-likeness (QED) is 0.299. The molecule has 182 valence electrons. The number of nitrogen functional groups attached to an aromatic ring is 1. The topological polar surface area (TPSA) is 133 Å². The third-order valence-electron chi connectivity index (χ3n) is 5.88. The SMILES string of the molecule is C=CCCN(C)Cc1c[nH]c(=O)cc1-c1cnc2c(NC(C)(CO)CCCC)nc(N)nc2c1. The largest absolute Gasteiger partial charge is 0.394 e. The van der Waals surface area contributed by atoms with Gasteiger partial charge < -0.3 is 26.0 Å². The lowest BCUT2D eigenvalue weighted by atomic mass is 9.96. The van der Waals surface area contributed by atoms with E-state index >= 15 is 0 Å². The van der Waals surface area contributed by atoms with Crippen molar-refractivity contribution in [2.75, 3.05) is 31.2 Å². The van der Waals surface area contributed by atoms with E-state index < -0.39 is 5.54 Å². The first-order chi connectivity index (χ1) is 16.3. The van der Waals surface area contributed by atoms with Crippen LogP contribution in [-0.4, -0.2) is 55.7 Å². The maximum atomic E-state index is 12.1. The zero-order valence-corrected chi connectivity index (χ0v) is 20.3. The van der Waals surface area contributed by atoms with E-state index in [1.165, 1.54) is 0 Å². The predicted octanol–water partition coefficient (Wildman–Crippen LogP) is 3.32. The van der Waals surface area contributed by atoms with Gasteiger partial charge in [-0.3, -0.25) is 9.78 Å². The van der Waals surface area contributed by atoms with Crippen LogP contribution in [-0.2, 0) is 6.54 Å². The number of hydrogen-bond donors (Lipinski definition) is 4. The molecule has 0 aliphatic heterocycles. The Hall–Kier alpha value is -3.30. The van der Waals surface area contributed by atoms with E-state index in [1.807, 2.05) is 26.1 Å². The molecule has 0 aromatic carbocycles. The first-order valence-electron chi connectivity index (χ1n) is 11.6. The minimum absolute atomic E-state index is 0.0496. The molecular weight excluding hydrogens is 430 g/mol. The summed E-state index contributed by atoms with van der Waals surface area (Å²) in [5.41, 5.74) is 8.93. The lowest BCUT2D eigenvalue weighted by Crippen LogP contribution is -2.39. The van der Waals surface area contributed by atoms with Crippen LogP contribution in [0.15, 0.2) is 42.0 Å². The number of aliphatic hydroxyl groups is 1. The van der Waals surface area contributed by atoms with Gasteiger partial charge in [0.05, 0.1) is 17.7 Å². The van der Waals surface area contributed by atoms with Gasteiger partial charge in [0.25, 0.3) is 0 Å². The van der Waals surface area contributed by atoms with Crippen LogP contribution in [0.5, 0.6) is 0 Å². The van der Waals surface area contributed by atoms with Crippen LogP contribution in [0.25, 0.3) is 22.2 Å². The van der Waals surface area contributed by atoms with Crippen LogP contribution in [0.2, 0.25) is 0 Å². The molecule has 9 nitrogen and oxygen atoms in total. The van der Waals surface area contributed by atoms with Crippen molar-refractivity contribution in [3.63, 3.8) is 0 Å². The number of unbranched alkanes of at least 4 members (excludes halogenated alkanes) is 1. The third-order valence-corrected chi connectivity index (χ3v) is 5.88.